The van der Waals surface area contributed by atoms with E-state index in [1.54, 1.807) is 0 Å². The van der Waals surface area contributed by atoms with E-state index in [1.165, 1.54) is 4.88 Å². The molecule has 0 saturated heterocycles. The third kappa shape index (κ3) is 5.14. The van der Waals surface area contributed by atoms with Gasteiger partial charge in [0, 0.05) is 30.6 Å². The van der Waals surface area contributed by atoms with Crippen molar-refractivity contribution < 1.29 is 0 Å². The van der Waals surface area contributed by atoms with Gasteiger partial charge in [-0.3, -0.25) is 4.90 Å². The van der Waals surface area contributed by atoms with Gasteiger partial charge >= 0.3 is 0 Å². The van der Waals surface area contributed by atoms with Crippen molar-refractivity contribution in [3.05, 3.63) is 46.3 Å². The van der Waals surface area contributed by atoms with Crippen LogP contribution in [0.25, 0.3) is 0 Å². The summed E-state index contributed by atoms with van der Waals surface area (Å²) in [5.41, 5.74) is 1.13. The van der Waals surface area contributed by atoms with E-state index in [0.29, 0.717) is 6.04 Å². The summed E-state index contributed by atoms with van der Waals surface area (Å²) in [5.74, 6) is 0.981. The summed E-state index contributed by atoms with van der Waals surface area (Å²) in [4.78, 5) is 8.57. The normalized spacial score (nSPS) is 11.3. The highest BCUT2D eigenvalue weighted by atomic mass is 32.1. The van der Waals surface area contributed by atoms with Gasteiger partial charge in [0.15, 0.2) is 0 Å². The Morgan fingerprint density at radius 2 is 2.05 bits per heavy atom. The summed E-state index contributed by atoms with van der Waals surface area (Å²) in [6.45, 7) is 9.50. The molecule has 2 rings (SSSR count). The number of pyridine rings is 1. The molecule has 0 saturated carbocycles. The van der Waals surface area contributed by atoms with Crippen LogP contribution < -0.4 is 5.32 Å². The van der Waals surface area contributed by atoms with E-state index in [1.807, 2.05) is 17.4 Å². The molecule has 0 spiro atoms. The van der Waals surface area contributed by atoms with E-state index >= 15 is 0 Å². The van der Waals surface area contributed by atoms with E-state index in [2.05, 4.69) is 60.6 Å². The Morgan fingerprint density at radius 1 is 1.19 bits per heavy atom. The van der Waals surface area contributed by atoms with Gasteiger partial charge in [-0.2, -0.15) is 0 Å². The van der Waals surface area contributed by atoms with Crippen molar-refractivity contribution in [1.29, 1.82) is 0 Å². The fourth-order valence-corrected chi connectivity index (χ4v) is 2.88. The Morgan fingerprint density at radius 3 is 2.71 bits per heavy atom. The Bertz CT molecular complexity index is 523. The largest absolute Gasteiger partial charge is 0.370 e. The molecule has 2 aromatic rings. The molecule has 0 amide bonds. The minimum atomic E-state index is 0.501. The highest BCUT2D eigenvalue weighted by molar-refractivity contribution is 7.09. The second-order valence-electron chi connectivity index (χ2n) is 5.52. The van der Waals surface area contributed by atoms with Crippen LogP contribution in [0.4, 0.5) is 5.82 Å². The van der Waals surface area contributed by atoms with E-state index in [9.17, 15) is 0 Å². The second kappa shape index (κ2) is 8.15. The first-order valence-electron chi connectivity index (χ1n) is 7.65. The van der Waals surface area contributed by atoms with Gasteiger partial charge in [0.2, 0.25) is 0 Å². The van der Waals surface area contributed by atoms with Gasteiger partial charge in [-0.05, 0) is 43.8 Å². The topological polar surface area (TPSA) is 28.2 Å². The maximum Gasteiger partial charge on any atom is 0.126 e. The third-order valence-electron chi connectivity index (χ3n) is 3.40. The number of rotatable bonds is 8. The lowest BCUT2D eigenvalue weighted by Gasteiger charge is -2.25. The number of nitrogens with one attached hydrogen (secondary N) is 1. The number of thiophene rings is 1. The maximum atomic E-state index is 4.71. The molecule has 3 nitrogen and oxygen atoms in total. The summed E-state index contributed by atoms with van der Waals surface area (Å²) < 4.78 is 0. The van der Waals surface area contributed by atoms with E-state index in [0.717, 1.165) is 37.6 Å². The molecule has 0 aliphatic carbocycles. The molecule has 0 unspecified atom stereocenters. The summed E-state index contributed by atoms with van der Waals surface area (Å²) >= 11 is 1.82. The first kappa shape index (κ1) is 16.0. The first-order valence-corrected chi connectivity index (χ1v) is 8.53. The lowest BCUT2D eigenvalue weighted by atomic mass is 10.2. The van der Waals surface area contributed by atoms with Crippen LogP contribution in [-0.4, -0.2) is 22.5 Å². The third-order valence-corrected chi connectivity index (χ3v) is 4.26. The first-order chi connectivity index (χ1) is 10.2. The molecule has 0 bridgehead atoms. The van der Waals surface area contributed by atoms with E-state index in [-0.39, 0.29) is 0 Å². The fraction of sp³-hybridized carbons (Fsp3) is 0.471. The highest BCUT2D eigenvalue weighted by Crippen LogP contribution is 2.16. The molecule has 0 aliphatic heterocycles. The van der Waals surface area contributed by atoms with Crippen LogP contribution in [-0.2, 0) is 13.1 Å². The van der Waals surface area contributed by atoms with Gasteiger partial charge in [0.1, 0.15) is 5.82 Å². The van der Waals surface area contributed by atoms with Crippen LogP contribution in [0.2, 0.25) is 0 Å². The second-order valence-corrected chi connectivity index (χ2v) is 6.55. The molecular weight excluding hydrogens is 278 g/mol. The predicted molar refractivity (Wildman–Crippen MR) is 91.7 cm³/mol. The van der Waals surface area contributed by atoms with Crippen LogP contribution in [0, 0.1) is 0 Å². The average Bonchev–Trinajstić information content (AvgIpc) is 2.98. The van der Waals surface area contributed by atoms with Crippen molar-refractivity contribution in [3.63, 3.8) is 0 Å². The zero-order valence-electron chi connectivity index (χ0n) is 13.2. The van der Waals surface area contributed by atoms with Gasteiger partial charge in [-0.15, -0.1) is 11.3 Å². The van der Waals surface area contributed by atoms with Crippen LogP contribution in [0.15, 0.2) is 35.7 Å². The molecule has 1 N–H and O–H groups in total. The van der Waals surface area contributed by atoms with Gasteiger partial charge in [-0.25, -0.2) is 4.98 Å². The van der Waals surface area contributed by atoms with Crippen molar-refractivity contribution in [2.24, 2.45) is 0 Å². The van der Waals surface area contributed by atoms with E-state index < -0.39 is 0 Å². The minimum Gasteiger partial charge on any atom is -0.370 e. The number of hydrogen-bond acceptors (Lipinski definition) is 4. The molecule has 2 heterocycles. The molecule has 0 aliphatic rings. The van der Waals surface area contributed by atoms with Crippen molar-refractivity contribution in [2.45, 2.75) is 46.3 Å². The van der Waals surface area contributed by atoms with Crippen LogP contribution in [0.5, 0.6) is 0 Å². The van der Waals surface area contributed by atoms with Crippen LogP contribution in [0.1, 0.15) is 37.8 Å². The molecule has 21 heavy (non-hydrogen) atoms. The SMILES string of the molecule is CCCNc1cccc(CN(Cc2cccs2)C(C)C)n1. The van der Waals surface area contributed by atoms with Crippen molar-refractivity contribution in [3.8, 4) is 0 Å². The van der Waals surface area contributed by atoms with Gasteiger partial charge in [0.05, 0.1) is 5.69 Å². The van der Waals surface area contributed by atoms with Crippen LogP contribution in [0.3, 0.4) is 0 Å². The molecule has 0 fully saturated rings. The highest BCUT2D eigenvalue weighted by Gasteiger charge is 2.12. The molecule has 114 valence electrons. The predicted octanol–water partition coefficient (Wildman–Crippen LogP) is 4.38. The Balaban J connectivity index is 2.02. The summed E-state index contributed by atoms with van der Waals surface area (Å²) in [7, 11) is 0. The van der Waals surface area contributed by atoms with Gasteiger partial charge in [0.25, 0.3) is 0 Å². The van der Waals surface area contributed by atoms with Crippen molar-refractivity contribution in [2.75, 3.05) is 11.9 Å². The molecular formula is C17H25N3S. The van der Waals surface area contributed by atoms with Gasteiger partial charge < -0.3 is 5.32 Å². The number of aromatic nitrogens is 1. The molecule has 2 aromatic heterocycles. The Kier molecular flexibility index (Phi) is 6.21. The zero-order chi connectivity index (χ0) is 15.1. The summed E-state index contributed by atoms with van der Waals surface area (Å²) in [6.07, 6.45) is 1.11. The fourth-order valence-electron chi connectivity index (χ4n) is 2.15. The quantitative estimate of drug-likeness (QED) is 0.784. The lowest BCUT2D eigenvalue weighted by Crippen LogP contribution is -2.29. The number of anilines is 1. The monoisotopic (exact) mass is 303 g/mol. The molecule has 4 heteroatoms. The molecule has 0 radical (unpaired) electrons. The number of hydrogen-bond donors (Lipinski definition) is 1. The Labute approximate surface area is 132 Å². The minimum absolute atomic E-state index is 0.501. The summed E-state index contributed by atoms with van der Waals surface area (Å²) in [5, 5.41) is 5.50. The smallest absolute Gasteiger partial charge is 0.126 e. The molecule has 0 aromatic carbocycles. The number of nitrogens with zero attached hydrogens (tertiary/aromatic N) is 2. The van der Waals surface area contributed by atoms with E-state index in [4.69, 9.17) is 4.98 Å². The van der Waals surface area contributed by atoms with Crippen molar-refractivity contribution in [1.82, 2.24) is 9.88 Å². The van der Waals surface area contributed by atoms with Gasteiger partial charge in [-0.1, -0.05) is 19.1 Å². The Hall–Kier alpha value is -1.39. The van der Waals surface area contributed by atoms with Crippen molar-refractivity contribution >= 4 is 17.2 Å². The summed E-state index contributed by atoms with van der Waals surface area (Å²) in [6, 6.07) is 11.1. The standard InChI is InChI=1S/C17H25N3S/c1-4-10-18-17-9-5-7-15(19-17)12-20(14(2)3)13-16-8-6-11-21-16/h5-9,11,14H,4,10,12-13H2,1-3H3,(H,18,19). The lowest BCUT2D eigenvalue weighted by molar-refractivity contribution is 0.203. The molecule has 0 atom stereocenters. The zero-order valence-corrected chi connectivity index (χ0v) is 14.0. The maximum absolute atomic E-state index is 4.71. The van der Waals surface area contributed by atoms with Crippen LogP contribution >= 0.6 is 11.3 Å². The average molecular weight is 303 g/mol.